The predicted molar refractivity (Wildman–Crippen MR) is 78.9 cm³/mol. The van der Waals surface area contributed by atoms with Crippen molar-refractivity contribution in [2.45, 2.75) is 18.1 Å². The van der Waals surface area contributed by atoms with E-state index in [9.17, 15) is 9.90 Å². The van der Waals surface area contributed by atoms with E-state index >= 15 is 0 Å². The molecular weight excluding hydrogens is 278 g/mol. The van der Waals surface area contributed by atoms with E-state index in [0.717, 1.165) is 27.6 Å². The van der Waals surface area contributed by atoms with Gasteiger partial charge in [-0.05, 0) is 24.2 Å². The molecule has 0 spiro atoms. The maximum absolute atomic E-state index is 11.4. The Morgan fingerprint density at radius 1 is 1.32 bits per heavy atom. The third-order valence-corrected chi connectivity index (χ3v) is 5.84. The number of hydrogen-bond donors (Lipinski definition) is 1. The summed E-state index contributed by atoms with van der Waals surface area (Å²) < 4.78 is 0. The summed E-state index contributed by atoms with van der Waals surface area (Å²) in [5.41, 5.74) is 1.13. The Balaban J connectivity index is 2.05. The van der Waals surface area contributed by atoms with Crippen LogP contribution in [0.2, 0.25) is 0 Å². The van der Waals surface area contributed by atoms with E-state index in [-0.39, 0.29) is 5.69 Å². The molecule has 98 valence electrons. The summed E-state index contributed by atoms with van der Waals surface area (Å²) in [6.07, 6.45) is 2.30. The Hall–Kier alpha value is -1.33. The highest BCUT2D eigenvalue weighted by atomic mass is 32.2. The minimum atomic E-state index is -0.940. The molecule has 1 aliphatic heterocycles. The van der Waals surface area contributed by atoms with Gasteiger partial charge in [0.1, 0.15) is 5.01 Å². The highest BCUT2D eigenvalue weighted by molar-refractivity contribution is 7.99. The van der Waals surface area contributed by atoms with Crippen LogP contribution in [0.5, 0.6) is 0 Å². The SMILES string of the molecule is O=C(O)c1nc(C2CCCS2)sc1-c1ccccc1. The van der Waals surface area contributed by atoms with Gasteiger partial charge in [-0.15, -0.1) is 11.3 Å². The van der Waals surface area contributed by atoms with Crippen molar-refractivity contribution in [1.29, 1.82) is 0 Å². The zero-order valence-corrected chi connectivity index (χ0v) is 11.8. The summed E-state index contributed by atoms with van der Waals surface area (Å²) >= 11 is 3.40. The van der Waals surface area contributed by atoms with Crippen molar-refractivity contribution in [1.82, 2.24) is 4.98 Å². The molecule has 5 heteroatoms. The predicted octanol–water partition coefficient (Wildman–Crippen LogP) is 4.08. The van der Waals surface area contributed by atoms with Gasteiger partial charge < -0.3 is 5.11 Å². The molecule has 0 amide bonds. The summed E-state index contributed by atoms with van der Waals surface area (Å²) in [7, 11) is 0. The number of carboxylic acid groups (broad SMARTS) is 1. The van der Waals surface area contributed by atoms with Gasteiger partial charge in [0.05, 0.1) is 10.1 Å². The molecule has 3 rings (SSSR count). The molecule has 1 N–H and O–H groups in total. The molecule has 1 aromatic heterocycles. The molecule has 1 atom stereocenters. The largest absolute Gasteiger partial charge is 0.476 e. The van der Waals surface area contributed by atoms with Gasteiger partial charge in [0, 0.05) is 0 Å². The zero-order valence-electron chi connectivity index (χ0n) is 10.2. The van der Waals surface area contributed by atoms with E-state index in [4.69, 9.17) is 0 Å². The van der Waals surface area contributed by atoms with Crippen molar-refractivity contribution in [3.05, 3.63) is 41.0 Å². The molecule has 0 aliphatic carbocycles. The van der Waals surface area contributed by atoms with Crippen molar-refractivity contribution in [3.63, 3.8) is 0 Å². The monoisotopic (exact) mass is 291 g/mol. The summed E-state index contributed by atoms with van der Waals surface area (Å²) in [6, 6.07) is 9.64. The van der Waals surface area contributed by atoms with Crippen LogP contribution >= 0.6 is 23.1 Å². The number of nitrogens with zero attached hydrogens (tertiary/aromatic N) is 1. The lowest BCUT2D eigenvalue weighted by atomic mass is 10.1. The van der Waals surface area contributed by atoms with E-state index in [1.807, 2.05) is 42.1 Å². The number of thioether (sulfide) groups is 1. The van der Waals surface area contributed by atoms with Gasteiger partial charge in [-0.2, -0.15) is 11.8 Å². The fraction of sp³-hybridized carbons (Fsp3) is 0.286. The molecule has 2 aromatic rings. The van der Waals surface area contributed by atoms with Crippen LogP contribution in [0.1, 0.15) is 33.6 Å². The van der Waals surface area contributed by atoms with E-state index in [1.54, 1.807) is 0 Å². The first-order valence-corrected chi connectivity index (χ1v) is 8.03. The van der Waals surface area contributed by atoms with Crippen molar-refractivity contribution in [2.75, 3.05) is 5.75 Å². The van der Waals surface area contributed by atoms with Gasteiger partial charge >= 0.3 is 5.97 Å². The van der Waals surface area contributed by atoms with Crippen LogP contribution in [0.15, 0.2) is 30.3 Å². The highest BCUT2D eigenvalue weighted by Crippen LogP contribution is 2.44. The number of benzene rings is 1. The average Bonchev–Trinajstić information content (AvgIpc) is 3.08. The van der Waals surface area contributed by atoms with Gasteiger partial charge in [0.2, 0.25) is 0 Å². The molecule has 1 aromatic carbocycles. The molecule has 1 unspecified atom stereocenters. The lowest BCUT2D eigenvalue weighted by molar-refractivity contribution is 0.0692. The second-order valence-electron chi connectivity index (χ2n) is 4.40. The quantitative estimate of drug-likeness (QED) is 0.926. The maximum atomic E-state index is 11.4. The normalized spacial score (nSPS) is 18.6. The third kappa shape index (κ3) is 2.53. The van der Waals surface area contributed by atoms with Crippen molar-refractivity contribution >= 4 is 29.1 Å². The lowest BCUT2D eigenvalue weighted by Gasteiger charge is -2.01. The second kappa shape index (κ2) is 5.35. The van der Waals surface area contributed by atoms with Crippen LogP contribution in [0, 0.1) is 0 Å². The topological polar surface area (TPSA) is 50.2 Å². The molecule has 3 nitrogen and oxygen atoms in total. The number of aromatic nitrogens is 1. The smallest absolute Gasteiger partial charge is 0.356 e. The lowest BCUT2D eigenvalue weighted by Crippen LogP contribution is -1.99. The molecular formula is C14H13NO2S2. The van der Waals surface area contributed by atoms with Crippen LogP contribution in [0.3, 0.4) is 0 Å². The molecule has 0 bridgehead atoms. The fourth-order valence-corrected chi connectivity index (χ4v) is 4.75. The van der Waals surface area contributed by atoms with E-state index < -0.39 is 5.97 Å². The summed E-state index contributed by atoms with van der Waals surface area (Å²) in [5.74, 6) is 0.206. The first kappa shape index (κ1) is 12.7. The van der Waals surface area contributed by atoms with Crippen LogP contribution in [0.4, 0.5) is 0 Å². The molecule has 0 radical (unpaired) electrons. The molecule has 1 saturated heterocycles. The van der Waals surface area contributed by atoms with Gasteiger partial charge in [-0.25, -0.2) is 9.78 Å². The summed E-state index contributed by atoms with van der Waals surface area (Å²) in [6.45, 7) is 0. The minimum absolute atomic E-state index is 0.193. The number of carbonyl (C=O) groups is 1. The highest BCUT2D eigenvalue weighted by Gasteiger charge is 2.25. The van der Waals surface area contributed by atoms with Crippen molar-refractivity contribution < 1.29 is 9.90 Å². The molecule has 1 fully saturated rings. The van der Waals surface area contributed by atoms with E-state index in [0.29, 0.717) is 5.25 Å². The van der Waals surface area contributed by atoms with E-state index in [2.05, 4.69) is 4.98 Å². The van der Waals surface area contributed by atoms with E-state index in [1.165, 1.54) is 17.8 Å². The molecule has 2 heterocycles. The summed E-state index contributed by atoms with van der Waals surface area (Å²) in [5, 5.41) is 10.7. The third-order valence-electron chi connectivity index (χ3n) is 3.09. The molecule has 0 saturated carbocycles. The number of aromatic carboxylic acids is 1. The van der Waals surface area contributed by atoms with Crippen molar-refractivity contribution in [3.8, 4) is 10.4 Å². The number of rotatable bonds is 3. The number of thiazole rings is 1. The number of carboxylic acids is 1. The standard InChI is InChI=1S/C14H13NO2S2/c16-14(17)11-12(9-5-2-1-3-6-9)19-13(15-11)10-7-4-8-18-10/h1-3,5-6,10H,4,7-8H2,(H,16,17). The van der Waals surface area contributed by atoms with Crippen molar-refractivity contribution in [2.24, 2.45) is 0 Å². The van der Waals surface area contributed by atoms with Gasteiger partial charge in [-0.3, -0.25) is 0 Å². The molecule has 1 aliphatic rings. The number of hydrogen-bond acceptors (Lipinski definition) is 4. The fourth-order valence-electron chi connectivity index (χ4n) is 2.18. The summed E-state index contributed by atoms with van der Waals surface area (Å²) in [4.78, 5) is 16.5. The Bertz CT molecular complexity index is 589. The Morgan fingerprint density at radius 3 is 2.74 bits per heavy atom. The van der Waals surface area contributed by atoms with Gasteiger partial charge in [-0.1, -0.05) is 30.3 Å². The average molecular weight is 291 g/mol. The minimum Gasteiger partial charge on any atom is -0.476 e. The first-order valence-electron chi connectivity index (χ1n) is 6.17. The van der Waals surface area contributed by atoms with Crippen LogP contribution in [-0.2, 0) is 0 Å². The Labute approximate surface area is 119 Å². The molecule has 19 heavy (non-hydrogen) atoms. The van der Waals surface area contributed by atoms with Gasteiger partial charge in [0.15, 0.2) is 5.69 Å². The van der Waals surface area contributed by atoms with Gasteiger partial charge in [0.25, 0.3) is 0 Å². The van der Waals surface area contributed by atoms with Crippen LogP contribution in [0.25, 0.3) is 10.4 Å². The maximum Gasteiger partial charge on any atom is 0.356 e. The zero-order chi connectivity index (χ0) is 13.2. The Kier molecular flexibility index (Phi) is 3.57. The second-order valence-corrected chi connectivity index (χ2v) is 6.74. The first-order chi connectivity index (χ1) is 9.25. The van der Waals surface area contributed by atoms with Crippen LogP contribution < -0.4 is 0 Å². The van der Waals surface area contributed by atoms with Crippen LogP contribution in [-0.4, -0.2) is 21.8 Å². The Morgan fingerprint density at radius 2 is 2.11 bits per heavy atom.